The lowest BCUT2D eigenvalue weighted by Gasteiger charge is -1.69. The highest BCUT2D eigenvalue weighted by Gasteiger charge is 1.78. The molecule has 4 heteroatoms. The van der Waals surface area contributed by atoms with E-state index in [1.54, 1.807) is 0 Å². The monoisotopic (exact) mass is 240 g/mol. The Balaban J connectivity index is 0. The van der Waals surface area contributed by atoms with Gasteiger partial charge in [-0.3, -0.25) is 0 Å². The second-order valence-corrected chi connectivity index (χ2v) is 3.71. The first-order valence-corrected chi connectivity index (χ1v) is 4.56. The van der Waals surface area contributed by atoms with Crippen molar-refractivity contribution < 1.29 is 0 Å². The molecule has 0 aromatic carbocycles. The maximum absolute atomic E-state index is 4.81. The van der Waals surface area contributed by atoms with Gasteiger partial charge in [-0.2, -0.15) is 0 Å². The van der Waals surface area contributed by atoms with E-state index in [-0.39, 0.29) is 0 Å². The predicted molar refractivity (Wildman–Crippen MR) is 45.4 cm³/mol. The quantitative estimate of drug-likeness (QED) is 0.614. The molecule has 0 amide bonds. The summed E-state index contributed by atoms with van der Waals surface area (Å²) in [6.45, 7) is 2.13. The van der Waals surface area contributed by atoms with Crippen LogP contribution >= 0.6 is 50.7 Å². The van der Waals surface area contributed by atoms with Crippen molar-refractivity contribution in [1.29, 1.82) is 0 Å². The van der Waals surface area contributed by atoms with Crippen molar-refractivity contribution in [3.05, 3.63) is 0 Å². The molecule has 0 aliphatic rings. The second-order valence-electron chi connectivity index (χ2n) is 0.936. The van der Waals surface area contributed by atoms with Gasteiger partial charge in [-0.15, -0.1) is 0 Å². The molecular formula is C4H8BrCl3. The summed E-state index contributed by atoms with van der Waals surface area (Å²) >= 11 is 17.7. The molecule has 0 aliphatic carbocycles. The van der Waals surface area contributed by atoms with E-state index in [1.807, 2.05) is 0 Å². The van der Waals surface area contributed by atoms with Crippen LogP contribution in [-0.4, -0.2) is 9.63 Å². The zero-order chi connectivity index (χ0) is 6.99. The smallest absolute Gasteiger partial charge is 0.0928 e. The minimum absolute atomic E-state index is 0.750. The lowest BCUT2D eigenvalue weighted by atomic mass is 10.6. The SMILES string of the molecule is CCCBr.ClC(Cl)Cl. The van der Waals surface area contributed by atoms with Gasteiger partial charge in [-0.05, 0) is 6.42 Å². The summed E-state index contributed by atoms with van der Waals surface area (Å²) in [5.74, 6) is 0. The maximum atomic E-state index is 4.81. The lowest BCUT2D eigenvalue weighted by Crippen LogP contribution is -1.55. The lowest BCUT2D eigenvalue weighted by molar-refractivity contribution is 1.12. The van der Waals surface area contributed by atoms with Crippen molar-refractivity contribution in [1.82, 2.24) is 0 Å². The first-order valence-electron chi connectivity index (χ1n) is 2.13. The molecule has 0 saturated carbocycles. The zero-order valence-corrected chi connectivity index (χ0v) is 8.36. The van der Waals surface area contributed by atoms with Crippen LogP contribution in [0.25, 0.3) is 0 Å². The summed E-state index contributed by atoms with van der Waals surface area (Å²) in [6.07, 6.45) is 1.24. The second kappa shape index (κ2) is 11.2. The van der Waals surface area contributed by atoms with E-state index in [4.69, 9.17) is 34.8 Å². The molecule has 0 unspecified atom stereocenters. The number of hydrogen-bond donors (Lipinski definition) is 0. The van der Waals surface area contributed by atoms with Crippen molar-refractivity contribution in [2.45, 2.75) is 17.6 Å². The molecule has 0 aliphatic heterocycles. The van der Waals surface area contributed by atoms with Crippen molar-refractivity contribution in [2.24, 2.45) is 0 Å². The average Bonchev–Trinajstić information content (AvgIpc) is 1.65. The maximum Gasteiger partial charge on any atom is 0.180 e. The van der Waals surface area contributed by atoms with Crippen LogP contribution in [0.2, 0.25) is 0 Å². The van der Waals surface area contributed by atoms with Gasteiger partial charge in [0, 0.05) is 5.33 Å². The third-order valence-electron chi connectivity index (χ3n) is 0.189. The number of hydrogen-bond acceptors (Lipinski definition) is 0. The van der Waals surface area contributed by atoms with Gasteiger partial charge in [0.25, 0.3) is 0 Å². The molecule has 0 N–H and O–H groups in total. The first-order chi connectivity index (χ1) is 3.65. The van der Waals surface area contributed by atoms with Crippen LogP contribution in [0.4, 0.5) is 0 Å². The minimum atomic E-state index is -0.750. The first kappa shape index (κ1) is 12.1. The van der Waals surface area contributed by atoms with Gasteiger partial charge in [-0.25, -0.2) is 0 Å². The number of rotatable bonds is 1. The van der Waals surface area contributed by atoms with Crippen LogP contribution in [0, 0.1) is 0 Å². The highest BCUT2D eigenvalue weighted by atomic mass is 79.9. The molecule has 0 saturated heterocycles. The van der Waals surface area contributed by atoms with Crippen LogP contribution in [-0.2, 0) is 0 Å². The van der Waals surface area contributed by atoms with E-state index in [1.165, 1.54) is 6.42 Å². The van der Waals surface area contributed by atoms with Crippen LogP contribution in [0.15, 0.2) is 0 Å². The van der Waals surface area contributed by atoms with Crippen molar-refractivity contribution in [3.63, 3.8) is 0 Å². The molecule has 0 aromatic rings. The summed E-state index contributed by atoms with van der Waals surface area (Å²) in [5, 5.41) is 1.13. The minimum Gasteiger partial charge on any atom is -0.0928 e. The van der Waals surface area contributed by atoms with Gasteiger partial charge in [0.2, 0.25) is 0 Å². The Morgan fingerprint density at radius 2 is 1.50 bits per heavy atom. The molecule has 52 valence electrons. The molecule has 0 heterocycles. The summed E-state index contributed by atoms with van der Waals surface area (Å²) in [7, 11) is 0. The number of alkyl halides is 4. The fourth-order valence-corrected chi connectivity index (χ4v) is 0. The van der Waals surface area contributed by atoms with Gasteiger partial charge in [0.1, 0.15) is 0 Å². The molecule has 0 spiro atoms. The van der Waals surface area contributed by atoms with Crippen molar-refractivity contribution in [3.8, 4) is 0 Å². The van der Waals surface area contributed by atoms with Gasteiger partial charge >= 0.3 is 0 Å². The fourth-order valence-electron chi connectivity index (χ4n) is 0. The van der Waals surface area contributed by atoms with E-state index in [0.717, 1.165) is 5.33 Å². The Hall–Kier alpha value is 1.35. The molecule has 0 nitrogen and oxygen atoms in total. The van der Waals surface area contributed by atoms with Crippen LogP contribution in [0.3, 0.4) is 0 Å². The third kappa shape index (κ3) is 53.7. The Bertz CT molecular complexity index is 27.7. The summed E-state index contributed by atoms with van der Waals surface area (Å²) in [4.78, 5) is 0. The Labute approximate surface area is 73.6 Å². The highest BCUT2D eigenvalue weighted by Crippen LogP contribution is 2.03. The predicted octanol–water partition coefficient (Wildman–Crippen LogP) is 3.78. The Morgan fingerprint density at radius 3 is 1.50 bits per heavy atom. The molecular weight excluding hydrogens is 234 g/mol. The van der Waals surface area contributed by atoms with Crippen molar-refractivity contribution in [2.75, 3.05) is 5.33 Å². The van der Waals surface area contributed by atoms with E-state index in [9.17, 15) is 0 Å². The molecule has 0 radical (unpaired) electrons. The summed E-state index contributed by atoms with van der Waals surface area (Å²) in [6, 6.07) is 0. The number of halogens is 4. The molecule has 0 rings (SSSR count). The van der Waals surface area contributed by atoms with Gasteiger partial charge in [-0.1, -0.05) is 57.7 Å². The molecule has 0 fully saturated rings. The topological polar surface area (TPSA) is 0 Å². The average molecular weight is 242 g/mol. The van der Waals surface area contributed by atoms with Crippen LogP contribution in [0.1, 0.15) is 13.3 Å². The van der Waals surface area contributed by atoms with Crippen LogP contribution in [0.5, 0.6) is 0 Å². The van der Waals surface area contributed by atoms with E-state index >= 15 is 0 Å². The Kier molecular flexibility index (Phi) is 16.9. The highest BCUT2D eigenvalue weighted by molar-refractivity contribution is 9.09. The summed E-state index contributed by atoms with van der Waals surface area (Å²) < 4.78 is -0.750. The molecule has 8 heavy (non-hydrogen) atoms. The van der Waals surface area contributed by atoms with Crippen molar-refractivity contribution >= 4 is 50.7 Å². The third-order valence-corrected chi connectivity index (χ3v) is 0.982. The normalized spacial score (nSPS) is 8.25. The van der Waals surface area contributed by atoms with E-state index in [2.05, 4.69) is 22.9 Å². The molecule has 0 bridgehead atoms. The fraction of sp³-hybridized carbons (Fsp3) is 1.00. The molecule has 0 aromatic heterocycles. The zero-order valence-electron chi connectivity index (χ0n) is 4.50. The summed E-state index contributed by atoms with van der Waals surface area (Å²) in [5.41, 5.74) is 0. The van der Waals surface area contributed by atoms with E-state index < -0.39 is 4.30 Å². The van der Waals surface area contributed by atoms with Gasteiger partial charge < -0.3 is 0 Å². The standard InChI is InChI=1S/C3H7Br.CHCl3/c1-2-3-4;2-1(3)4/h2-3H2,1H3;1H. The molecule has 0 atom stereocenters. The van der Waals surface area contributed by atoms with Gasteiger partial charge in [0.15, 0.2) is 4.30 Å². The Morgan fingerprint density at radius 1 is 1.38 bits per heavy atom. The van der Waals surface area contributed by atoms with Crippen LogP contribution < -0.4 is 0 Å². The van der Waals surface area contributed by atoms with Gasteiger partial charge in [0.05, 0.1) is 0 Å². The van der Waals surface area contributed by atoms with E-state index in [0.29, 0.717) is 0 Å². The largest absolute Gasteiger partial charge is 0.180 e.